The molecule has 0 aromatic carbocycles. The molecule has 0 aromatic rings. The summed E-state index contributed by atoms with van der Waals surface area (Å²) in [6.07, 6.45) is 3.46. The van der Waals surface area contributed by atoms with Crippen molar-refractivity contribution in [3.05, 3.63) is 0 Å². The summed E-state index contributed by atoms with van der Waals surface area (Å²) in [7, 11) is 0. The molecule has 1 rings (SSSR count). The largest absolute Gasteiger partial charge is 0.411 e. The third-order valence-corrected chi connectivity index (χ3v) is 2.89. The fourth-order valence-electron chi connectivity index (χ4n) is 2.07. The van der Waals surface area contributed by atoms with Gasteiger partial charge in [-0.25, -0.2) is 0 Å². The van der Waals surface area contributed by atoms with E-state index in [1.165, 1.54) is 12.8 Å². The van der Waals surface area contributed by atoms with Gasteiger partial charge in [-0.15, -0.1) is 0 Å². The van der Waals surface area contributed by atoms with E-state index in [4.69, 9.17) is 5.21 Å². The molecule has 1 fully saturated rings. The molecule has 0 heterocycles. The third-order valence-electron chi connectivity index (χ3n) is 2.89. The first-order chi connectivity index (χ1) is 5.65. The maximum atomic E-state index is 8.82. The van der Waals surface area contributed by atoms with Crippen LogP contribution in [0.5, 0.6) is 0 Å². The van der Waals surface area contributed by atoms with Gasteiger partial charge in [-0.05, 0) is 31.1 Å². The van der Waals surface area contributed by atoms with E-state index in [1.54, 1.807) is 0 Å². The van der Waals surface area contributed by atoms with Crippen molar-refractivity contribution in [1.82, 2.24) is 0 Å². The van der Waals surface area contributed by atoms with E-state index in [-0.39, 0.29) is 0 Å². The van der Waals surface area contributed by atoms with Crippen molar-refractivity contribution < 1.29 is 5.21 Å². The third kappa shape index (κ3) is 1.99. The number of hydrogen-bond donors (Lipinski definition) is 1. The molecule has 0 aromatic heterocycles. The van der Waals surface area contributed by atoms with Gasteiger partial charge in [-0.2, -0.15) is 0 Å². The highest BCUT2D eigenvalue weighted by Crippen LogP contribution is 2.30. The molecule has 2 heteroatoms. The van der Waals surface area contributed by atoms with Gasteiger partial charge >= 0.3 is 0 Å². The number of hydrogen-bond acceptors (Lipinski definition) is 2. The lowest BCUT2D eigenvalue weighted by molar-refractivity contribution is 0.291. The second-order valence-electron chi connectivity index (χ2n) is 4.33. The Hall–Kier alpha value is -0.530. The first kappa shape index (κ1) is 9.56. The van der Waals surface area contributed by atoms with Crippen molar-refractivity contribution in [2.45, 2.75) is 40.0 Å². The highest BCUT2D eigenvalue weighted by molar-refractivity contribution is 5.87. The Morgan fingerprint density at radius 3 is 2.58 bits per heavy atom. The Bertz CT molecular complexity index is 175. The monoisotopic (exact) mass is 169 g/mol. The summed E-state index contributed by atoms with van der Waals surface area (Å²) in [6.45, 7) is 6.62. The van der Waals surface area contributed by atoms with Crippen LogP contribution in [0.2, 0.25) is 0 Å². The van der Waals surface area contributed by atoms with E-state index in [0.717, 1.165) is 12.1 Å². The van der Waals surface area contributed by atoms with Crippen LogP contribution in [0.3, 0.4) is 0 Å². The smallest absolute Gasteiger partial charge is 0.0606 e. The summed E-state index contributed by atoms with van der Waals surface area (Å²) in [5, 5.41) is 12.2. The molecule has 0 bridgehead atoms. The van der Waals surface area contributed by atoms with Crippen LogP contribution in [0.1, 0.15) is 40.0 Å². The quantitative estimate of drug-likeness (QED) is 0.475. The first-order valence-corrected chi connectivity index (χ1v) is 4.86. The van der Waals surface area contributed by atoms with Crippen LogP contribution in [-0.4, -0.2) is 10.9 Å². The molecular weight excluding hydrogens is 150 g/mol. The molecular formula is C10H19NO. The standard InChI is InChI=1S/C10H19NO/c1-7(2)9-5-4-8(3)6-10(9)11-12/h7-9,12H,4-6H2,1-3H3/b11-10-. The van der Waals surface area contributed by atoms with Crippen LogP contribution in [0.15, 0.2) is 5.16 Å². The van der Waals surface area contributed by atoms with Gasteiger partial charge in [0.2, 0.25) is 0 Å². The van der Waals surface area contributed by atoms with Crippen molar-refractivity contribution in [1.29, 1.82) is 0 Å². The van der Waals surface area contributed by atoms with Gasteiger partial charge in [0.05, 0.1) is 5.71 Å². The molecule has 0 saturated heterocycles. The van der Waals surface area contributed by atoms with Crippen LogP contribution in [0, 0.1) is 17.8 Å². The molecule has 2 atom stereocenters. The van der Waals surface area contributed by atoms with E-state index >= 15 is 0 Å². The van der Waals surface area contributed by atoms with Gasteiger partial charge in [0.1, 0.15) is 0 Å². The van der Waals surface area contributed by atoms with Gasteiger partial charge in [-0.1, -0.05) is 25.9 Å². The summed E-state index contributed by atoms with van der Waals surface area (Å²) in [5.41, 5.74) is 1.02. The normalized spacial score (nSPS) is 34.5. The van der Waals surface area contributed by atoms with Crippen molar-refractivity contribution >= 4 is 5.71 Å². The van der Waals surface area contributed by atoms with Crippen molar-refractivity contribution in [3.8, 4) is 0 Å². The van der Waals surface area contributed by atoms with Gasteiger partial charge in [0.15, 0.2) is 0 Å². The molecule has 0 aliphatic heterocycles. The summed E-state index contributed by atoms with van der Waals surface area (Å²) in [4.78, 5) is 0. The number of oxime groups is 1. The Morgan fingerprint density at radius 2 is 2.08 bits per heavy atom. The van der Waals surface area contributed by atoms with Crippen LogP contribution in [-0.2, 0) is 0 Å². The van der Waals surface area contributed by atoms with E-state index < -0.39 is 0 Å². The summed E-state index contributed by atoms with van der Waals surface area (Å²) < 4.78 is 0. The van der Waals surface area contributed by atoms with E-state index in [0.29, 0.717) is 17.8 Å². The number of nitrogens with zero attached hydrogens (tertiary/aromatic N) is 1. The molecule has 0 amide bonds. The lowest BCUT2D eigenvalue weighted by Gasteiger charge is -2.29. The minimum absolute atomic E-state index is 0.520. The van der Waals surface area contributed by atoms with Crippen molar-refractivity contribution in [2.75, 3.05) is 0 Å². The van der Waals surface area contributed by atoms with E-state index in [1.807, 2.05) is 0 Å². The SMILES string of the molecule is CC1CCC(C(C)C)/C(=N\O)C1. The molecule has 0 spiro atoms. The van der Waals surface area contributed by atoms with Gasteiger partial charge < -0.3 is 5.21 Å². The second-order valence-corrected chi connectivity index (χ2v) is 4.33. The average molecular weight is 169 g/mol. The Balaban J connectivity index is 2.63. The molecule has 2 nitrogen and oxygen atoms in total. The van der Waals surface area contributed by atoms with Crippen LogP contribution >= 0.6 is 0 Å². The number of rotatable bonds is 1. The van der Waals surface area contributed by atoms with Crippen LogP contribution in [0.4, 0.5) is 0 Å². The predicted octanol–water partition coefficient (Wildman–Crippen LogP) is 2.91. The maximum Gasteiger partial charge on any atom is 0.0606 e. The molecule has 1 saturated carbocycles. The minimum Gasteiger partial charge on any atom is -0.411 e. The van der Waals surface area contributed by atoms with Gasteiger partial charge in [0, 0.05) is 5.92 Å². The lowest BCUT2D eigenvalue weighted by atomic mass is 9.76. The lowest BCUT2D eigenvalue weighted by Crippen LogP contribution is -2.27. The molecule has 1 N–H and O–H groups in total. The second kappa shape index (κ2) is 3.92. The van der Waals surface area contributed by atoms with Crippen molar-refractivity contribution in [2.24, 2.45) is 22.9 Å². The zero-order chi connectivity index (χ0) is 9.14. The van der Waals surface area contributed by atoms with Gasteiger partial charge in [-0.3, -0.25) is 0 Å². The summed E-state index contributed by atoms with van der Waals surface area (Å²) >= 11 is 0. The summed E-state index contributed by atoms with van der Waals surface area (Å²) in [6, 6.07) is 0. The zero-order valence-electron chi connectivity index (χ0n) is 8.25. The van der Waals surface area contributed by atoms with Gasteiger partial charge in [0.25, 0.3) is 0 Å². The molecule has 2 unspecified atom stereocenters. The minimum atomic E-state index is 0.520. The Labute approximate surface area is 74.7 Å². The average Bonchev–Trinajstić information content (AvgIpc) is 2.03. The van der Waals surface area contributed by atoms with Crippen LogP contribution < -0.4 is 0 Å². The summed E-state index contributed by atoms with van der Waals surface area (Å²) in [5.74, 6) is 1.83. The highest BCUT2D eigenvalue weighted by atomic mass is 16.4. The van der Waals surface area contributed by atoms with E-state index in [2.05, 4.69) is 25.9 Å². The molecule has 12 heavy (non-hydrogen) atoms. The highest BCUT2D eigenvalue weighted by Gasteiger charge is 2.27. The van der Waals surface area contributed by atoms with E-state index in [9.17, 15) is 0 Å². The Morgan fingerprint density at radius 1 is 1.42 bits per heavy atom. The van der Waals surface area contributed by atoms with Crippen molar-refractivity contribution in [3.63, 3.8) is 0 Å². The zero-order valence-corrected chi connectivity index (χ0v) is 8.25. The topological polar surface area (TPSA) is 32.6 Å². The molecule has 1 aliphatic carbocycles. The van der Waals surface area contributed by atoms with Crippen LogP contribution in [0.25, 0.3) is 0 Å². The molecule has 1 aliphatic rings. The molecule has 0 radical (unpaired) electrons. The predicted molar refractivity (Wildman–Crippen MR) is 50.6 cm³/mol. The maximum absolute atomic E-state index is 8.82. The first-order valence-electron chi connectivity index (χ1n) is 4.86. The Kier molecular flexibility index (Phi) is 3.12. The fraction of sp³-hybridized carbons (Fsp3) is 0.900. The fourth-order valence-corrected chi connectivity index (χ4v) is 2.07. The molecule has 70 valence electrons.